The minimum Gasteiger partial charge on any atom is -0.381 e. The molecule has 21 heavy (non-hydrogen) atoms. The maximum absolute atomic E-state index is 6.02. The number of hydrogen-bond acceptors (Lipinski definition) is 3. The van der Waals surface area contributed by atoms with E-state index in [1.54, 1.807) is 6.20 Å². The third-order valence-electron chi connectivity index (χ3n) is 4.22. The van der Waals surface area contributed by atoms with E-state index in [1.165, 1.54) is 5.56 Å². The molecule has 5 heteroatoms. The fourth-order valence-electron chi connectivity index (χ4n) is 2.95. The number of ether oxygens (including phenoxy) is 1. The van der Waals surface area contributed by atoms with Gasteiger partial charge in [0.25, 0.3) is 0 Å². The number of H-pyrrole nitrogens is 1. The van der Waals surface area contributed by atoms with Crippen LogP contribution in [0, 0.1) is 0 Å². The lowest BCUT2D eigenvalue weighted by molar-refractivity contribution is 0.0497. The van der Waals surface area contributed by atoms with E-state index in [0.717, 1.165) is 50.0 Å². The molecule has 0 bridgehead atoms. The van der Waals surface area contributed by atoms with Gasteiger partial charge >= 0.3 is 0 Å². The normalized spacial score (nSPS) is 17.8. The predicted octanol–water partition coefficient (Wildman–Crippen LogP) is 2.90. The van der Waals surface area contributed by atoms with E-state index in [-0.39, 0.29) is 5.41 Å². The van der Waals surface area contributed by atoms with Crippen molar-refractivity contribution in [3.8, 4) is 0 Å². The summed E-state index contributed by atoms with van der Waals surface area (Å²) < 4.78 is 5.55. The van der Waals surface area contributed by atoms with Crippen LogP contribution < -0.4 is 5.32 Å². The molecule has 2 heterocycles. The molecule has 0 aliphatic carbocycles. The molecule has 0 atom stereocenters. The molecule has 112 valence electrons. The molecule has 0 saturated carbocycles. The van der Waals surface area contributed by atoms with Crippen molar-refractivity contribution in [2.75, 3.05) is 19.8 Å². The number of aromatic nitrogens is 2. The second kappa shape index (κ2) is 6.60. The Hall–Kier alpha value is -1.36. The Morgan fingerprint density at radius 2 is 2.00 bits per heavy atom. The second-order valence-electron chi connectivity index (χ2n) is 5.54. The number of rotatable bonds is 5. The van der Waals surface area contributed by atoms with E-state index in [0.29, 0.717) is 0 Å². The Labute approximate surface area is 129 Å². The summed E-state index contributed by atoms with van der Waals surface area (Å²) in [7, 11) is 0. The molecule has 0 radical (unpaired) electrons. The lowest BCUT2D eigenvalue weighted by Gasteiger charge is -2.38. The molecule has 3 rings (SSSR count). The van der Waals surface area contributed by atoms with Crippen molar-refractivity contribution < 1.29 is 4.74 Å². The molecule has 4 nitrogen and oxygen atoms in total. The quantitative estimate of drug-likeness (QED) is 0.893. The minimum absolute atomic E-state index is 0.120. The largest absolute Gasteiger partial charge is 0.381 e. The predicted molar refractivity (Wildman–Crippen MR) is 83.5 cm³/mol. The number of benzene rings is 1. The van der Waals surface area contributed by atoms with Gasteiger partial charge in [-0.25, -0.2) is 4.98 Å². The lowest BCUT2D eigenvalue weighted by Crippen LogP contribution is -2.42. The molecule has 2 N–H and O–H groups in total. The maximum atomic E-state index is 6.02. The van der Waals surface area contributed by atoms with Gasteiger partial charge in [-0.05, 0) is 30.5 Å². The van der Waals surface area contributed by atoms with Crippen molar-refractivity contribution in [1.29, 1.82) is 0 Å². The van der Waals surface area contributed by atoms with Crippen LogP contribution in [-0.4, -0.2) is 29.7 Å². The summed E-state index contributed by atoms with van der Waals surface area (Å²) in [4.78, 5) is 7.36. The van der Waals surface area contributed by atoms with E-state index < -0.39 is 0 Å². The van der Waals surface area contributed by atoms with Crippen LogP contribution in [-0.2, 0) is 16.7 Å². The zero-order valence-electron chi connectivity index (χ0n) is 11.9. The fourth-order valence-corrected chi connectivity index (χ4v) is 3.07. The molecule has 0 unspecified atom stereocenters. The number of halogens is 1. The van der Waals surface area contributed by atoms with Gasteiger partial charge in [-0.3, -0.25) is 0 Å². The van der Waals surface area contributed by atoms with Gasteiger partial charge < -0.3 is 15.0 Å². The Morgan fingerprint density at radius 1 is 1.24 bits per heavy atom. The highest BCUT2D eigenvalue weighted by Gasteiger charge is 2.34. The van der Waals surface area contributed by atoms with Gasteiger partial charge in [0.05, 0.1) is 6.54 Å². The summed E-state index contributed by atoms with van der Waals surface area (Å²) in [5, 5.41) is 4.31. The SMILES string of the molecule is Clc1ccc(C2(CNCc3ncc[nH]3)CCOCC2)cc1. The van der Waals surface area contributed by atoms with Crippen molar-refractivity contribution >= 4 is 11.6 Å². The number of hydrogen-bond donors (Lipinski definition) is 2. The number of imidazole rings is 1. The van der Waals surface area contributed by atoms with E-state index >= 15 is 0 Å². The van der Waals surface area contributed by atoms with Crippen LogP contribution >= 0.6 is 11.6 Å². The highest BCUT2D eigenvalue weighted by atomic mass is 35.5. The Morgan fingerprint density at radius 3 is 2.67 bits per heavy atom. The third kappa shape index (κ3) is 3.46. The summed E-state index contributed by atoms with van der Waals surface area (Å²) in [5.41, 5.74) is 1.46. The fraction of sp³-hybridized carbons (Fsp3) is 0.438. The Bertz CT molecular complexity index is 547. The standard InChI is InChI=1S/C16H20ClN3O/c17-14-3-1-13(2-4-14)16(5-9-21-10-6-16)12-18-11-15-19-7-8-20-15/h1-4,7-8,18H,5-6,9-12H2,(H,19,20). The summed E-state index contributed by atoms with van der Waals surface area (Å²) in [6.45, 7) is 3.29. The molecule has 0 amide bonds. The Kier molecular flexibility index (Phi) is 4.58. The van der Waals surface area contributed by atoms with Gasteiger partial charge in [0.15, 0.2) is 0 Å². The van der Waals surface area contributed by atoms with Gasteiger partial charge in [-0.1, -0.05) is 23.7 Å². The third-order valence-corrected chi connectivity index (χ3v) is 4.47. The first kappa shape index (κ1) is 14.6. The minimum atomic E-state index is 0.120. The van der Waals surface area contributed by atoms with Gasteiger partial charge in [0.1, 0.15) is 5.82 Å². The molecule has 0 spiro atoms. The van der Waals surface area contributed by atoms with Crippen LogP contribution in [0.15, 0.2) is 36.7 Å². The first-order valence-corrected chi connectivity index (χ1v) is 7.69. The van der Waals surface area contributed by atoms with Gasteiger partial charge in [0.2, 0.25) is 0 Å². The lowest BCUT2D eigenvalue weighted by atomic mass is 9.74. The summed E-state index contributed by atoms with van der Waals surface area (Å²) >= 11 is 6.02. The van der Waals surface area contributed by atoms with Crippen molar-refractivity contribution in [3.05, 3.63) is 53.1 Å². The van der Waals surface area contributed by atoms with Crippen LogP contribution in [0.2, 0.25) is 5.02 Å². The van der Waals surface area contributed by atoms with E-state index in [9.17, 15) is 0 Å². The molecule has 1 aromatic heterocycles. The van der Waals surface area contributed by atoms with Crippen molar-refractivity contribution in [2.45, 2.75) is 24.8 Å². The average Bonchev–Trinajstić information content (AvgIpc) is 3.02. The van der Waals surface area contributed by atoms with Crippen LogP contribution in [0.5, 0.6) is 0 Å². The van der Waals surface area contributed by atoms with E-state index in [2.05, 4.69) is 27.4 Å². The van der Waals surface area contributed by atoms with E-state index in [1.807, 2.05) is 18.3 Å². The number of nitrogens with one attached hydrogen (secondary N) is 2. The smallest absolute Gasteiger partial charge is 0.120 e. The van der Waals surface area contributed by atoms with Gasteiger partial charge in [0, 0.05) is 42.6 Å². The van der Waals surface area contributed by atoms with Crippen LogP contribution in [0.25, 0.3) is 0 Å². The maximum Gasteiger partial charge on any atom is 0.120 e. The van der Waals surface area contributed by atoms with Crippen molar-refractivity contribution in [2.24, 2.45) is 0 Å². The topological polar surface area (TPSA) is 49.9 Å². The molecule has 1 fully saturated rings. The first-order valence-electron chi connectivity index (χ1n) is 7.31. The highest BCUT2D eigenvalue weighted by molar-refractivity contribution is 6.30. The number of nitrogens with zero attached hydrogens (tertiary/aromatic N) is 1. The molecule has 1 aromatic carbocycles. The molecule has 1 aliphatic rings. The first-order chi connectivity index (χ1) is 10.3. The van der Waals surface area contributed by atoms with Crippen LogP contribution in [0.3, 0.4) is 0 Å². The van der Waals surface area contributed by atoms with Crippen molar-refractivity contribution in [1.82, 2.24) is 15.3 Å². The molecule has 2 aromatic rings. The van der Waals surface area contributed by atoms with Crippen LogP contribution in [0.1, 0.15) is 24.2 Å². The summed E-state index contributed by atoms with van der Waals surface area (Å²) in [5.74, 6) is 0.966. The van der Waals surface area contributed by atoms with Crippen molar-refractivity contribution in [3.63, 3.8) is 0 Å². The summed E-state index contributed by atoms with van der Waals surface area (Å²) in [6, 6.07) is 8.23. The number of aromatic amines is 1. The highest BCUT2D eigenvalue weighted by Crippen LogP contribution is 2.34. The van der Waals surface area contributed by atoms with E-state index in [4.69, 9.17) is 16.3 Å². The van der Waals surface area contributed by atoms with Gasteiger partial charge in [-0.15, -0.1) is 0 Å². The molecular formula is C16H20ClN3O. The zero-order valence-corrected chi connectivity index (χ0v) is 12.7. The summed E-state index contributed by atoms with van der Waals surface area (Å²) in [6.07, 6.45) is 5.68. The molecular weight excluding hydrogens is 286 g/mol. The molecule has 1 saturated heterocycles. The monoisotopic (exact) mass is 305 g/mol. The average molecular weight is 306 g/mol. The Balaban J connectivity index is 1.71. The van der Waals surface area contributed by atoms with Gasteiger partial charge in [-0.2, -0.15) is 0 Å². The zero-order chi connectivity index (χ0) is 14.5. The molecule has 1 aliphatic heterocycles. The van der Waals surface area contributed by atoms with Crippen LogP contribution in [0.4, 0.5) is 0 Å². The second-order valence-corrected chi connectivity index (χ2v) is 5.98.